The van der Waals surface area contributed by atoms with E-state index in [1.807, 2.05) is 0 Å². The standard InChI is InChI=1S/C5H8Br2O5/c6-4(10)3(9)2(1-8)12-5(4,7)11/h2-3,8-11H,1H2/t2-,3+,4?,5?/m1/s1. The monoisotopic (exact) mass is 306 g/mol. The van der Waals surface area contributed by atoms with Gasteiger partial charge in [-0.15, -0.1) is 0 Å². The van der Waals surface area contributed by atoms with Crippen LogP contribution in [0.3, 0.4) is 0 Å². The number of halogens is 2. The molecule has 1 fully saturated rings. The molecule has 1 heterocycles. The van der Waals surface area contributed by atoms with Crippen LogP contribution in [0.4, 0.5) is 0 Å². The molecule has 0 spiro atoms. The third kappa shape index (κ3) is 1.43. The van der Waals surface area contributed by atoms with E-state index in [0.29, 0.717) is 0 Å². The molecule has 0 amide bonds. The summed E-state index contributed by atoms with van der Waals surface area (Å²) < 4.78 is 0.590. The van der Waals surface area contributed by atoms with Crippen LogP contribution in [0, 0.1) is 0 Å². The smallest absolute Gasteiger partial charge is 0.267 e. The molecule has 1 aliphatic heterocycles. The van der Waals surface area contributed by atoms with Crippen molar-refractivity contribution in [3.63, 3.8) is 0 Å². The Labute approximate surface area is 85.2 Å². The summed E-state index contributed by atoms with van der Waals surface area (Å²) in [4.78, 5) is 0. The maximum absolute atomic E-state index is 9.43. The first-order chi connectivity index (χ1) is 5.33. The predicted octanol–water partition coefficient (Wildman–Crippen LogP) is -1.14. The summed E-state index contributed by atoms with van der Waals surface area (Å²) in [6.07, 6.45) is -2.44. The number of ether oxygens (including phenoxy) is 1. The number of alkyl halides is 2. The number of aliphatic hydroxyl groups excluding tert-OH is 2. The fraction of sp³-hybridized carbons (Fsp3) is 1.00. The molecule has 0 aromatic heterocycles. The van der Waals surface area contributed by atoms with Crippen LogP contribution in [0.5, 0.6) is 0 Å². The molecular formula is C5H8Br2O5. The number of aliphatic hydroxyl groups is 4. The second-order valence-electron chi connectivity index (χ2n) is 2.52. The molecule has 1 saturated heterocycles. The largest absolute Gasteiger partial charge is 0.394 e. The van der Waals surface area contributed by atoms with Crippen molar-refractivity contribution in [3.05, 3.63) is 0 Å². The van der Waals surface area contributed by atoms with E-state index in [2.05, 4.69) is 31.9 Å². The Hall–Kier alpha value is 0.760. The lowest BCUT2D eigenvalue weighted by Crippen LogP contribution is -2.47. The van der Waals surface area contributed by atoms with Crippen molar-refractivity contribution < 1.29 is 25.2 Å². The predicted molar refractivity (Wildman–Crippen MR) is 45.7 cm³/mol. The summed E-state index contributed by atoms with van der Waals surface area (Å²) in [6, 6.07) is 0. The Kier molecular flexibility index (Phi) is 2.85. The lowest BCUT2D eigenvalue weighted by Gasteiger charge is -2.26. The van der Waals surface area contributed by atoms with Crippen molar-refractivity contribution in [2.45, 2.75) is 21.4 Å². The van der Waals surface area contributed by atoms with Crippen molar-refractivity contribution in [2.24, 2.45) is 0 Å². The number of hydrogen-bond donors (Lipinski definition) is 4. The Morgan fingerprint density at radius 2 is 1.83 bits per heavy atom. The van der Waals surface area contributed by atoms with E-state index in [4.69, 9.17) is 9.84 Å². The van der Waals surface area contributed by atoms with Gasteiger partial charge in [-0.25, -0.2) is 0 Å². The van der Waals surface area contributed by atoms with E-state index in [9.17, 15) is 15.3 Å². The molecule has 1 rings (SSSR count). The van der Waals surface area contributed by atoms with Gasteiger partial charge in [0.1, 0.15) is 12.2 Å². The minimum absolute atomic E-state index is 0.497. The lowest BCUT2D eigenvalue weighted by atomic mass is 10.1. The van der Waals surface area contributed by atoms with Crippen molar-refractivity contribution in [1.29, 1.82) is 0 Å². The van der Waals surface area contributed by atoms with Crippen LogP contribution >= 0.6 is 31.9 Å². The second kappa shape index (κ2) is 3.16. The maximum Gasteiger partial charge on any atom is 0.267 e. The SMILES string of the molecule is OC[C@H]1OC(O)(Br)C(O)(Br)[C@H]1O. The van der Waals surface area contributed by atoms with E-state index in [1.54, 1.807) is 0 Å². The summed E-state index contributed by atoms with van der Waals surface area (Å²) in [5.74, 6) is 0. The van der Waals surface area contributed by atoms with Crippen LogP contribution in [0.1, 0.15) is 0 Å². The van der Waals surface area contributed by atoms with Crippen LogP contribution in [-0.2, 0) is 4.74 Å². The maximum atomic E-state index is 9.43. The van der Waals surface area contributed by atoms with Gasteiger partial charge in [0.15, 0.2) is 0 Å². The highest BCUT2D eigenvalue weighted by Crippen LogP contribution is 2.46. The molecule has 0 aliphatic carbocycles. The zero-order valence-corrected chi connectivity index (χ0v) is 8.99. The summed E-state index contributed by atoms with van der Waals surface area (Å²) >= 11 is 5.33. The fourth-order valence-electron chi connectivity index (χ4n) is 0.914. The van der Waals surface area contributed by atoms with Gasteiger partial charge < -0.3 is 25.2 Å². The first-order valence-corrected chi connectivity index (χ1v) is 4.71. The third-order valence-corrected chi connectivity index (χ3v) is 3.99. The zero-order valence-electron chi connectivity index (χ0n) is 5.81. The van der Waals surface area contributed by atoms with Crippen molar-refractivity contribution in [2.75, 3.05) is 6.61 Å². The van der Waals surface area contributed by atoms with E-state index < -0.39 is 28.0 Å². The highest BCUT2D eigenvalue weighted by atomic mass is 79.9. The molecule has 4 N–H and O–H groups in total. The molecule has 0 aromatic rings. The van der Waals surface area contributed by atoms with E-state index >= 15 is 0 Å². The molecule has 7 heteroatoms. The minimum atomic E-state index is -2.09. The lowest BCUT2D eigenvalue weighted by molar-refractivity contribution is -0.164. The first kappa shape index (κ1) is 10.8. The van der Waals surface area contributed by atoms with E-state index in [0.717, 1.165) is 0 Å². The average Bonchev–Trinajstić information content (AvgIpc) is 2.11. The summed E-state index contributed by atoms with van der Waals surface area (Å²) in [7, 11) is 0. The van der Waals surface area contributed by atoms with Crippen LogP contribution in [0.2, 0.25) is 0 Å². The normalized spacial score (nSPS) is 54.5. The average molecular weight is 308 g/mol. The summed E-state index contributed by atoms with van der Waals surface area (Å²) in [5.41, 5.74) is 0. The molecule has 2 unspecified atom stereocenters. The Bertz CT molecular complexity index is 183. The Morgan fingerprint density at radius 1 is 1.33 bits per heavy atom. The van der Waals surface area contributed by atoms with Crippen LogP contribution in [0.25, 0.3) is 0 Å². The Morgan fingerprint density at radius 3 is 2.00 bits per heavy atom. The molecule has 12 heavy (non-hydrogen) atoms. The number of rotatable bonds is 1. The van der Waals surface area contributed by atoms with Gasteiger partial charge in [0.05, 0.1) is 6.61 Å². The highest BCUT2D eigenvalue weighted by Gasteiger charge is 2.62. The van der Waals surface area contributed by atoms with Gasteiger partial charge in [0.25, 0.3) is 4.70 Å². The number of hydrogen-bond acceptors (Lipinski definition) is 5. The van der Waals surface area contributed by atoms with Gasteiger partial charge in [-0.1, -0.05) is 0 Å². The fourth-order valence-corrected chi connectivity index (χ4v) is 1.78. The van der Waals surface area contributed by atoms with Crippen LogP contribution in [0.15, 0.2) is 0 Å². The van der Waals surface area contributed by atoms with Crippen molar-refractivity contribution in [1.82, 2.24) is 0 Å². The highest BCUT2D eigenvalue weighted by molar-refractivity contribution is 9.12. The molecule has 0 radical (unpaired) electrons. The quantitative estimate of drug-likeness (QED) is 0.460. The topological polar surface area (TPSA) is 90.2 Å². The molecule has 0 bridgehead atoms. The van der Waals surface area contributed by atoms with Gasteiger partial charge in [0.2, 0.25) is 4.51 Å². The second-order valence-corrected chi connectivity index (χ2v) is 4.80. The summed E-state index contributed by atoms with van der Waals surface area (Å²) in [5, 5.41) is 36.7. The zero-order chi connectivity index (χ0) is 9.57. The van der Waals surface area contributed by atoms with Gasteiger partial charge in [0, 0.05) is 0 Å². The van der Waals surface area contributed by atoms with Crippen molar-refractivity contribution in [3.8, 4) is 0 Å². The molecule has 5 nitrogen and oxygen atoms in total. The third-order valence-electron chi connectivity index (χ3n) is 1.66. The van der Waals surface area contributed by atoms with Crippen LogP contribution in [-0.4, -0.2) is 48.4 Å². The van der Waals surface area contributed by atoms with E-state index in [1.165, 1.54) is 0 Å². The van der Waals surface area contributed by atoms with Crippen molar-refractivity contribution >= 4 is 31.9 Å². The van der Waals surface area contributed by atoms with Gasteiger partial charge in [-0.2, -0.15) is 0 Å². The molecule has 4 atom stereocenters. The molecule has 72 valence electrons. The molecule has 0 saturated carbocycles. The van der Waals surface area contributed by atoms with E-state index in [-0.39, 0.29) is 0 Å². The van der Waals surface area contributed by atoms with Gasteiger partial charge in [-0.05, 0) is 31.9 Å². The van der Waals surface area contributed by atoms with Crippen LogP contribution < -0.4 is 0 Å². The minimum Gasteiger partial charge on any atom is -0.394 e. The van der Waals surface area contributed by atoms with Gasteiger partial charge >= 0.3 is 0 Å². The van der Waals surface area contributed by atoms with Gasteiger partial charge in [-0.3, -0.25) is 0 Å². The Balaban J connectivity index is 2.88. The molecule has 1 aliphatic rings. The first-order valence-electron chi connectivity index (χ1n) is 3.12. The molecular weight excluding hydrogens is 300 g/mol. The summed E-state index contributed by atoms with van der Waals surface area (Å²) in [6.45, 7) is -0.497. The molecule has 0 aromatic carbocycles.